The normalized spacial score (nSPS) is 18.3. The topological polar surface area (TPSA) is 80.6 Å². The molecule has 8 heteroatoms. The number of nitrogens with zero attached hydrogens (tertiary/aromatic N) is 5. The zero-order chi connectivity index (χ0) is 22.1. The van der Waals surface area contributed by atoms with Crippen LogP contribution in [0.1, 0.15) is 43.8 Å². The molecule has 0 aliphatic carbocycles. The van der Waals surface area contributed by atoms with Gasteiger partial charge in [-0.2, -0.15) is 0 Å². The highest BCUT2D eigenvalue weighted by molar-refractivity contribution is 5.95. The highest BCUT2D eigenvalue weighted by Gasteiger charge is 2.32. The molecule has 3 heterocycles. The van der Waals surface area contributed by atoms with Crippen LogP contribution in [0, 0.1) is 6.92 Å². The van der Waals surface area contributed by atoms with E-state index >= 15 is 0 Å². The highest BCUT2D eigenvalue weighted by atomic mass is 16.5. The van der Waals surface area contributed by atoms with Crippen molar-refractivity contribution < 1.29 is 14.3 Å². The molecule has 1 fully saturated rings. The highest BCUT2D eigenvalue weighted by Crippen LogP contribution is 2.27. The first-order chi connectivity index (χ1) is 15.6. The molecule has 2 aliphatic rings. The number of benzene rings is 2. The molecular weight excluding hydrogens is 406 g/mol. The lowest BCUT2D eigenvalue weighted by Gasteiger charge is -2.34. The Morgan fingerprint density at radius 1 is 0.906 bits per heavy atom. The SMILES string of the molecule is Cc1ccc(C(=O)N2CCN(C(=O)c3nnn4c3COC(c3ccccc3)C4)CC2)cc1. The van der Waals surface area contributed by atoms with Gasteiger partial charge in [0.15, 0.2) is 5.69 Å². The van der Waals surface area contributed by atoms with Crippen molar-refractivity contribution in [1.29, 1.82) is 0 Å². The number of amides is 2. The van der Waals surface area contributed by atoms with Crippen LogP contribution in [0.25, 0.3) is 0 Å². The summed E-state index contributed by atoms with van der Waals surface area (Å²) in [5.74, 6) is -0.158. The Morgan fingerprint density at radius 2 is 1.56 bits per heavy atom. The van der Waals surface area contributed by atoms with E-state index in [2.05, 4.69) is 10.3 Å². The molecule has 5 rings (SSSR count). The lowest BCUT2D eigenvalue weighted by molar-refractivity contribution is -0.00202. The molecule has 2 amide bonds. The Bertz CT molecular complexity index is 1120. The van der Waals surface area contributed by atoms with Gasteiger partial charge in [-0.25, -0.2) is 4.68 Å². The summed E-state index contributed by atoms with van der Waals surface area (Å²) in [6.07, 6.45) is -0.107. The Hall–Kier alpha value is -3.52. The minimum absolute atomic E-state index is 0.00140. The first kappa shape index (κ1) is 20.4. The van der Waals surface area contributed by atoms with Crippen LogP contribution in [0.15, 0.2) is 54.6 Å². The molecule has 32 heavy (non-hydrogen) atoms. The number of ether oxygens (including phenoxy) is 1. The van der Waals surface area contributed by atoms with Crippen LogP contribution in [-0.2, 0) is 17.9 Å². The molecule has 0 spiro atoms. The van der Waals surface area contributed by atoms with Crippen molar-refractivity contribution in [2.75, 3.05) is 26.2 Å². The molecule has 0 saturated carbocycles. The zero-order valence-corrected chi connectivity index (χ0v) is 18.0. The van der Waals surface area contributed by atoms with Crippen molar-refractivity contribution >= 4 is 11.8 Å². The minimum Gasteiger partial charge on any atom is -0.365 e. The van der Waals surface area contributed by atoms with Gasteiger partial charge < -0.3 is 14.5 Å². The maximum absolute atomic E-state index is 13.1. The summed E-state index contributed by atoms with van der Waals surface area (Å²) in [4.78, 5) is 29.4. The summed E-state index contributed by atoms with van der Waals surface area (Å²) < 4.78 is 7.78. The van der Waals surface area contributed by atoms with Crippen LogP contribution < -0.4 is 0 Å². The Labute approximate surface area is 186 Å². The van der Waals surface area contributed by atoms with E-state index in [1.807, 2.05) is 61.5 Å². The maximum Gasteiger partial charge on any atom is 0.276 e. The average Bonchev–Trinajstić information content (AvgIpc) is 3.27. The number of carbonyl (C=O) groups is 2. The molecular formula is C24H25N5O3. The molecule has 0 radical (unpaired) electrons. The summed E-state index contributed by atoms with van der Waals surface area (Å²) in [6.45, 7) is 4.74. The molecule has 164 valence electrons. The van der Waals surface area contributed by atoms with Crippen LogP contribution in [0.2, 0.25) is 0 Å². The summed E-state index contributed by atoms with van der Waals surface area (Å²) in [5.41, 5.74) is 3.92. The van der Waals surface area contributed by atoms with Gasteiger partial charge in [0.25, 0.3) is 11.8 Å². The van der Waals surface area contributed by atoms with Gasteiger partial charge in [-0.3, -0.25) is 9.59 Å². The van der Waals surface area contributed by atoms with Crippen LogP contribution in [0.5, 0.6) is 0 Å². The van der Waals surface area contributed by atoms with Crippen LogP contribution in [-0.4, -0.2) is 62.8 Å². The standard InChI is InChI=1S/C24H25N5O3/c1-17-7-9-19(10-8-17)23(30)27-11-13-28(14-12-27)24(31)22-20-16-32-21(15-29(20)26-25-22)18-5-3-2-4-6-18/h2-10,21H,11-16H2,1H3. The number of carbonyl (C=O) groups excluding carboxylic acids is 2. The van der Waals surface area contributed by atoms with Crippen LogP contribution >= 0.6 is 0 Å². The molecule has 1 atom stereocenters. The van der Waals surface area contributed by atoms with Crippen molar-refractivity contribution in [2.45, 2.75) is 26.2 Å². The molecule has 2 aliphatic heterocycles. The van der Waals surface area contributed by atoms with E-state index in [-0.39, 0.29) is 17.9 Å². The zero-order valence-electron chi connectivity index (χ0n) is 18.0. The molecule has 2 aromatic carbocycles. The molecule has 1 unspecified atom stereocenters. The van der Waals surface area contributed by atoms with Crippen molar-refractivity contribution in [2.24, 2.45) is 0 Å². The number of aryl methyl sites for hydroxylation is 1. The summed E-state index contributed by atoms with van der Waals surface area (Å²) >= 11 is 0. The van der Waals surface area contributed by atoms with E-state index in [0.717, 1.165) is 11.1 Å². The second kappa shape index (κ2) is 8.55. The first-order valence-corrected chi connectivity index (χ1v) is 10.8. The van der Waals surface area contributed by atoms with E-state index in [4.69, 9.17) is 4.74 Å². The van der Waals surface area contributed by atoms with Gasteiger partial charge in [0.05, 0.1) is 18.8 Å². The third-order valence-corrected chi connectivity index (χ3v) is 6.12. The smallest absolute Gasteiger partial charge is 0.276 e. The van der Waals surface area contributed by atoms with E-state index in [1.165, 1.54) is 0 Å². The van der Waals surface area contributed by atoms with Crippen LogP contribution in [0.4, 0.5) is 0 Å². The lowest BCUT2D eigenvalue weighted by Crippen LogP contribution is -2.50. The van der Waals surface area contributed by atoms with Gasteiger partial charge in [0.1, 0.15) is 6.10 Å². The second-order valence-electron chi connectivity index (χ2n) is 8.23. The Balaban J connectivity index is 1.23. The lowest BCUT2D eigenvalue weighted by atomic mass is 10.1. The van der Waals surface area contributed by atoms with Crippen LogP contribution in [0.3, 0.4) is 0 Å². The number of hydrogen-bond acceptors (Lipinski definition) is 5. The van der Waals surface area contributed by atoms with E-state index in [1.54, 1.807) is 14.5 Å². The van der Waals surface area contributed by atoms with Crippen molar-refractivity contribution in [3.05, 3.63) is 82.7 Å². The fraction of sp³-hybridized carbons (Fsp3) is 0.333. The summed E-state index contributed by atoms with van der Waals surface area (Å²) in [6, 6.07) is 17.5. The fourth-order valence-corrected chi connectivity index (χ4v) is 4.19. The molecule has 8 nitrogen and oxygen atoms in total. The largest absolute Gasteiger partial charge is 0.365 e. The first-order valence-electron chi connectivity index (χ1n) is 10.8. The van der Waals surface area contributed by atoms with Crippen molar-refractivity contribution in [1.82, 2.24) is 24.8 Å². The van der Waals surface area contributed by atoms with Gasteiger partial charge in [0.2, 0.25) is 0 Å². The van der Waals surface area contributed by atoms with E-state index < -0.39 is 0 Å². The maximum atomic E-state index is 13.1. The fourth-order valence-electron chi connectivity index (χ4n) is 4.19. The van der Waals surface area contributed by atoms with E-state index in [9.17, 15) is 9.59 Å². The predicted octanol–water partition coefficient (Wildman–Crippen LogP) is 2.46. The minimum atomic E-state index is -0.157. The van der Waals surface area contributed by atoms with Gasteiger partial charge in [-0.05, 0) is 24.6 Å². The summed E-state index contributed by atoms with van der Waals surface area (Å²) in [5, 5.41) is 8.39. The number of aromatic nitrogens is 3. The van der Waals surface area contributed by atoms with Gasteiger partial charge in [0, 0.05) is 31.7 Å². The number of fused-ring (bicyclic) bond motifs is 1. The van der Waals surface area contributed by atoms with Crippen molar-refractivity contribution in [3.63, 3.8) is 0 Å². The number of piperazine rings is 1. The third-order valence-electron chi connectivity index (χ3n) is 6.12. The quantitative estimate of drug-likeness (QED) is 0.636. The average molecular weight is 431 g/mol. The Morgan fingerprint density at radius 3 is 2.25 bits per heavy atom. The monoisotopic (exact) mass is 431 g/mol. The summed E-state index contributed by atoms with van der Waals surface area (Å²) in [7, 11) is 0. The van der Waals surface area contributed by atoms with Gasteiger partial charge >= 0.3 is 0 Å². The van der Waals surface area contributed by atoms with Gasteiger partial charge in [-0.15, -0.1) is 5.10 Å². The molecule has 1 saturated heterocycles. The number of rotatable bonds is 3. The molecule has 3 aromatic rings. The second-order valence-corrected chi connectivity index (χ2v) is 8.23. The third kappa shape index (κ3) is 3.89. The Kier molecular flexibility index (Phi) is 5.45. The van der Waals surface area contributed by atoms with Crippen molar-refractivity contribution in [3.8, 4) is 0 Å². The number of hydrogen-bond donors (Lipinski definition) is 0. The molecule has 1 aromatic heterocycles. The molecule has 0 N–H and O–H groups in total. The van der Waals surface area contributed by atoms with E-state index in [0.29, 0.717) is 56.3 Å². The van der Waals surface area contributed by atoms with Gasteiger partial charge in [-0.1, -0.05) is 53.2 Å². The predicted molar refractivity (Wildman–Crippen MR) is 117 cm³/mol. The molecule has 0 bridgehead atoms.